The Labute approximate surface area is 107 Å². The summed E-state index contributed by atoms with van der Waals surface area (Å²) in [5.41, 5.74) is -0.357. The zero-order valence-electron chi connectivity index (χ0n) is 10.1. The van der Waals surface area contributed by atoms with E-state index in [0.717, 1.165) is 12.8 Å². The lowest BCUT2D eigenvalue weighted by Gasteiger charge is -2.29. The predicted molar refractivity (Wildman–Crippen MR) is 69.6 cm³/mol. The van der Waals surface area contributed by atoms with E-state index >= 15 is 0 Å². The Balaban J connectivity index is 2.73. The van der Waals surface area contributed by atoms with Crippen molar-refractivity contribution in [3.8, 4) is 0 Å². The van der Waals surface area contributed by atoms with E-state index in [0.29, 0.717) is 4.21 Å². The van der Waals surface area contributed by atoms with E-state index < -0.39 is 10.0 Å². The standard InChI is InChI=1S/C11H19NO3S2/c1-3-11(4-2,9-13)8-12-17(14,15)10-6-5-7-16-10/h5-7,12-13H,3-4,8-9H2,1-2H3. The smallest absolute Gasteiger partial charge is 0.250 e. The molecule has 2 N–H and O–H groups in total. The molecule has 0 unspecified atom stereocenters. The summed E-state index contributed by atoms with van der Waals surface area (Å²) in [4.78, 5) is 0. The van der Waals surface area contributed by atoms with Crippen LogP contribution in [0.15, 0.2) is 21.7 Å². The zero-order chi connectivity index (χ0) is 12.9. The fraction of sp³-hybridized carbons (Fsp3) is 0.636. The third-order valence-electron chi connectivity index (χ3n) is 3.23. The third-order valence-corrected chi connectivity index (χ3v) is 6.03. The Morgan fingerprint density at radius 2 is 2.06 bits per heavy atom. The molecular formula is C11H19NO3S2. The van der Waals surface area contributed by atoms with Crippen LogP contribution in [-0.2, 0) is 10.0 Å². The second-order valence-corrected chi connectivity index (χ2v) is 7.06. The number of thiophene rings is 1. The van der Waals surface area contributed by atoms with Gasteiger partial charge in [0.25, 0.3) is 0 Å². The average Bonchev–Trinajstić information content (AvgIpc) is 2.86. The van der Waals surface area contributed by atoms with Gasteiger partial charge in [-0.1, -0.05) is 19.9 Å². The van der Waals surface area contributed by atoms with Gasteiger partial charge in [-0.05, 0) is 24.3 Å². The van der Waals surface area contributed by atoms with E-state index in [-0.39, 0.29) is 18.6 Å². The third kappa shape index (κ3) is 3.51. The van der Waals surface area contributed by atoms with Crippen LogP contribution in [0.25, 0.3) is 0 Å². The second kappa shape index (κ2) is 5.95. The fourth-order valence-electron chi connectivity index (χ4n) is 1.52. The van der Waals surface area contributed by atoms with Crippen LogP contribution < -0.4 is 4.72 Å². The van der Waals surface area contributed by atoms with Gasteiger partial charge in [0.05, 0.1) is 0 Å². The lowest BCUT2D eigenvalue weighted by atomic mass is 9.84. The maximum atomic E-state index is 11.9. The molecule has 4 nitrogen and oxygen atoms in total. The predicted octanol–water partition coefficient (Wildman–Crippen LogP) is 1.83. The minimum Gasteiger partial charge on any atom is -0.396 e. The molecule has 0 aromatic carbocycles. The first kappa shape index (κ1) is 14.6. The SMILES string of the molecule is CCC(CC)(CO)CNS(=O)(=O)c1cccs1. The highest BCUT2D eigenvalue weighted by Gasteiger charge is 2.28. The zero-order valence-corrected chi connectivity index (χ0v) is 11.8. The quantitative estimate of drug-likeness (QED) is 0.799. The molecule has 0 saturated carbocycles. The van der Waals surface area contributed by atoms with Gasteiger partial charge in [-0.3, -0.25) is 0 Å². The van der Waals surface area contributed by atoms with Crippen LogP contribution in [0.5, 0.6) is 0 Å². The van der Waals surface area contributed by atoms with Crippen LogP contribution >= 0.6 is 11.3 Å². The maximum absolute atomic E-state index is 11.9. The molecule has 0 aliphatic carbocycles. The molecule has 1 aromatic rings. The van der Waals surface area contributed by atoms with E-state index in [2.05, 4.69) is 4.72 Å². The van der Waals surface area contributed by atoms with Crippen molar-refractivity contribution in [2.24, 2.45) is 5.41 Å². The number of rotatable bonds is 7. The molecule has 0 bridgehead atoms. The molecule has 0 radical (unpaired) electrons. The highest BCUT2D eigenvalue weighted by Crippen LogP contribution is 2.25. The monoisotopic (exact) mass is 277 g/mol. The van der Waals surface area contributed by atoms with E-state index in [1.807, 2.05) is 13.8 Å². The number of hydrogen-bond acceptors (Lipinski definition) is 4. The molecule has 98 valence electrons. The van der Waals surface area contributed by atoms with Gasteiger partial charge in [0.1, 0.15) is 4.21 Å². The molecule has 0 saturated heterocycles. The Bertz CT molecular complexity index is 413. The summed E-state index contributed by atoms with van der Waals surface area (Å²) >= 11 is 1.19. The number of sulfonamides is 1. The molecule has 17 heavy (non-hydrogen) atoms. The second-order valence-electron chi connectivity index (χ2n) is 4.12. The Hall–Kier alpha value is -0.430. The van der Waals surface area contributed by atoms with E-state index in [1.165, 1.54) is 11.3 Å². The van der Waals surface area contributed by atoms with Gasteiger partial charge in [-0.25, -0.2) is 13.1 Å². The van der Waals surface area contributed by atoms with Crippen molar-refractivity contribution in [3.63, 3.8) is 0 Å². The van der Waals surface area contributed by atoms with E-state index in [4.69, 9.17) is 0 Å². The first-order valence-electron chi connectivity index (χ1n) is 5.63. The summed E-state index contributed by atoms with van der Waals surface area (Å²) in [5.74, 6) is 0. The van der Waals surface area contributed by atoms with Gasteiger partial charge in [0.15, 0.2) is 0 Å². The fourth-order valence-corrected chi connectivity index (χ4v) is 3.71. The topological polar surface area (TPSA) is 66.4 Å². The van der Waals surface area contributed by atoms with Crippen molar-refractivity contribution in [2.75, 3.05) is 13.2 Å². The van der Waals surface area contributed by atoms with Gasteiger partial charge in [0, 0.05) is 18.6 Å². The molecule has 0 fully saturated rings. The summed E-state index contributed by atoms with van der Waals surface area (Å²) in [7, 11) is -3.42. The molecule has 0 aliphatic rings. The number of hydrogen-bond donors (Lipinski definition) is 2. The Morgan fingerprint density at radius 1 is 1.41 bits per heavy atom. The number of aliphatic hydroxyl groups is 1. The molecule has 0 aliphatic heterocycles. The van der Waals surface area contributed by atoms with Crippen molar-refractivity contribution in [2.45, 2.75) is 30.9 Å². The summed E-state index contributed by atoms with van der Waals surface area (Å²) in [5, 5.41) is 11.1. The Morgan fingerprint density at radius 3 is 2.47 bits per heavy atom. The first-order chi connectivity index (χ1) is 7.99. The number of aliphatic hydroxyl groups excluding tert-OH is 1. The van der Waals surface area contributed by atoms with Crippen molar-refractivity contribution >= 4 is 21.4 Å². The summed E-state index contributed by atoms with van der Waals surface area (Å²) < 4.78 is 26.7. The van der Waals surface area contributed by atoms with Crippen molar-refractivity contribution in [1.29, 1.82) is 0 Å². The molecule has 1 heterocycles. The number of nitrogens with one attached hydrogen (secondary N) is 1. The average molecular weight is 277 g/mol. The van der Waals surface area contributed by atoms with Crippen LogP contribution in [-0.4, -0.2) is 26.7 Å². The molecule has 6 heteroatoms. The van der Waals surface area contributed by atoms with E-state index in [9.17, 15) is 13.5 Å². The van der Waals surface area contributed by atoms with Gasteiger partial charge in [-0.2, -0.15) is 0 Å². The van der Waals surface area contributed by atoms with Gasteiger partial charge in [-0.15, -0.1) is 11.3 Å². The largest absolute Gasteiger partial charge is 0.396 e. The molecule has 0 atom stereocenters. The summed E-state index contributed by atoms with van der Waals surface area (Å²) in [6.45, 7) is 4.18. The molecular weight excluding hydrogens is 258 g/mol. The Kier molecular flexibility index (Phi) is 5.12. The summed E-state index contributed by atoms with van der Waals surface area (Å²) in [6.07, 6.45) is 1.49. The highest BCUT2D eigenvalue weighted by molar-refractivity contribution is 7.91. The van der Waals surface area contributed by atoms with Crippen LogP contribution in [0.1, 0.15) is 26.7 Å². The first-order valence-corrected chi connectivity index (χ1v) is 8.00. The van der Waals surface area contributed by atoms with Crippen molar-refractivity contribution in [3.05, 3.63) is 17.5 Å². The van der Waals surface area contributed by atoms with Crippen LogP contribution in [0.2, 0.25) is 0 Å². The minimum absolute atomic E-state index is 0.00698. The van der Waals surface area contributed by atoms with Crippen molar-refractivity contribution < 1.29 is 13.5 Å². The minimum atomic E-state index is -3.42. The van der Waals surface area contributed by atoms with Gasteiger partial charge >= 0.3 is 0 Å². The highest BCUT2D eigenvalue weighted by atomic mass is 32.2. The van der Waals surface area contributed by atoms with Gasteiger partial charge in [0.2, 0.25) is 10.0 Å². The summed E-state index contributed by atoms with van der Waals surface area (Å²) in [6, 6.07) is 3.28. The lowest BCUT2D eigenvalue weighted by Crippen LogP contribution is -2.39. The van der Waals surface area contributed by atoms with Crippen LogP contribution in [0, 0.1) is 5.41 Å². The van der Waals surface area contributed by atoms with Crippen LogP contribution in [0.3, 0.4) is 0 Å². The lowest BCUT2D eigenvalue weighted by molar-refractivity contribution is 0.119. The van der Waals surface area contributed by atoms with Crippen LogP contribution in [0.4, 0.5) is 0 Å². The van der Waals surface area contributed by atoms with E-state index in [1.54, 1.807) is 17.5 Å². The molecule has 1 aromatic heterocycles. The van der Waals surface area contributed by atoms with Gasteiger partial charge < -0.3 is 5.11 Å². The normalized spacial score (nSPS) is 12.9. The van der Waals surface area contributed by atoms with Crippen molar-refractivity contribution in [1.82, 2.24) is 4.72 Å². The molecule has 0 amide bonds. The molecule has 0 spiro atoms. The molecule has 1 rings (SSSR count). The maximum Gasteiger partial charge on any atom is 0.250 e.